The standard InChI is InChI=1S/C13H12BrN3O/c1-8-6-10(14)12(11(15)7-8)17-13(18)9-2-4-16-5-3-9/h2-7H,15H2,1H3,(H,17,18). The predicted molar refractivity (Wildman–Crippen MR) is 75.5 cm³/mol. The summed E-state index contributed by atoms with van der Waals surface area (Å²) in [4.78, 5) is 15.9. The lowest BCUT2D eigenvalue weighted by atomic mass is 10.2. The second kappa shape index (κ2) is 5.18. The summed E-state index contributed by atoms with van der Waals surface area (Å²) in [6.45, 7) is 1.94. The number of nitrogen functional groups attached to an aromatic ring is 1. The fourth-order valence-electron chi connectivity index (χ4n) is 1.59. The van der Waals surface area contributed by atoms with E-state index in [4.69, 9.17) is 5.73 Å². The first-order valence-corrected chi connectivity index (χ1v) is 6.14. The van der Waals surface area contributed by atoms with Crippen LogP contribution in [0.3, 0.4) is 0 Å². The van der Waals surface area contributed by atoms with Crippen LogP contribution in [-0.4, -0.2) is 10.9 Å². The van der Waals surface area contributed by atoms with Crippen LogP contribution in [0.15, 0.2) is 41.1 Å². The van der Waals surface area contributed by atoms with Gasteiger partial charge in [0.15, 0.2) is 0 Å². The van der Waals surface area contributed by atoms with Crippen LogP contribution in [0.5, 0.6) is 0 Å². The summed E-state index contributed by atoms with van der Waals surface area (Å²) < 4.78 is 0.766. The summed E-state index contributed by atoms with van der Waals surface area (Å²) in [7, 11) is 0. The normalized spacial score (nSPS) is 10.1. The SMILES string of the molecule is Cc1cc(N)c(NC(=O)c2ccncc2)c(Br)c1. The molecule has 92 valence electrons. The minimum atomic E-state index is -0.214. The molecule has 0 atom stereocenters. The monoisotopic (exact) mass is 305 g/mol. The molecule has 18 heavy (non-hydrogen) atoms. The largest absolute Gasteiger partial charge is 0.397 e. The number of amides is 1. The van der Waals surface area contributed by atoms with Crippen LogP contribution in [0.2, 0.25) is 0 Å². The Hall–Kier alpha value is -1.88. The van der Waals surface area contributed by atoms with Gasteiger partial charge in [-0.05, 0) is 52.7 Å². The molecule has 0 spiro atoms. The van der Waals surface area contributed by atoms with E-state index in [1.807, 2.05) is 19.1 Å². The Bertz CT molecular complexity index is 561. The molecule has 1 amide bonds. The lowest BCUT2D eigenvalue weighted by Gasteiger charge is -2.11. The van der Waals surface area contributed by atoms with Crippen molar-refractivity contribution in [1.82, 2.24) is 4.98 Å². The number of hydrogen-bond acceptors (Lipinski definition) is 3. The van der Waals surface area contributed by atoms with Crippen LogP contribution in [0.4, 0.5) is 11.4 Å². The molecular formula is C13H12BrN3O. The summed E-state index contributed by atoms with van der Waals surface area (Å²) in [5.41, 5.74) is 8.58. The van der Waals surface area contributed by atoms with Gasteiger partial charge in [-0.1, -0.05) is 0 Å². The van der Waals surface area contributed by atoms with Crippen molar-refractivity contribution in [1.29, 1.82) is 0 Å². The minimum Gasteiger partial charge on any atom is -0.397 e. The number of nitrogens with two attached hydrogens (primary N) is 1. The van der Waals surface area contributed by atoms with Crippen LogP contribution in [0.1, 0.15) is 15.9 Å². The highest BCUT2D eigenvalue weighted by atomic mass is 79.9. The minimum absolute atomic E-state index is 0.214. The Balaban J connectivity index is 2.28. The second-order valence-electron chi connectivity index (χ2n) is 3.90. The molecule has 0 fully saturated rings. The van der Waals surface area contributed by atoms with Crippen LogP contribution >= 0.6 is 15.9 Å². The molecule has 0 aliphatic rings. The zero-order chi connectivity index (χ0) is 13.1. The Kier molecular flexibility index (Phi) is 3.62. The third-order valence-electron chi connectivity index (χ3n) is 2.45. The van der Waals surface area contributed by atoms with Gasteiger partial charge in [0.2, 0.25) is 0 Å². The van der Waals surface area contributed by atoms with Gasteiger partial charge in [-0.2, -0.15) is 0 Å². The molecule has 3 N–H and O–H groups in total. The van der Waals surface area contributed by atoms with Gasteiger partial charge < -0.3 is 11.1 Å². The van der Waals surface area contributed by atoms with Gasteiger partial charge in [0.25, 0.3) is 5.91 Å². The highest BCUT2D eigenvalue weighted by Gasteiger charge is 2.11. The average molecular weight is 306 g/mol. The van der Waals surface area contributed by atoms with Gasteiger partial charge >= 0.3 is 0 Å². The topological polar surface area (TPSA) is 68.0 Å². The molecule has 1 aromatic heterocycles. The van der Waals surface area contributed by atoms with Crippen LogP contribution in [0.25, 0.3) is 0 Å². The number of benzene rings is 1. The number of hydrogen-bond donors (Lipinski definition) is 2. The molecule has 1 aromatic carbocycles. The molecule has 2 aromatic rings. The Morgan fingerprint density at radius 2 is 2.00 bits per heavy atom. The van der Waals surface area contributed by atoms with E-state index in [1.165, 1.54) is 0 Å². The van der Waals surface area contributed by atoms with Crippen molar-refractivity contribution >= 4 is 33.2 Å². The first kappa shape index (κ1) is 12.6. The second-order valence-corrected chi connectivity index (χ2v) is 4.76. The zero-order valence-electron chi connectivity index (χ0n) is 9.77. The molecule has 0 saturated heterocycles. The summed E-state index contributed by atoms with van der Waals surface area (Å²) in [5.74, 6) is -0.214. The quantitative estimate of drug-likeness (QED) is 0.838. The van der Waals surface area contributed by atoms with Crippen molar-refractivity contribution in [2.24, 2.45) is 0 Å². The van der Waals surface area contributed by atoms with E-state index in [-0.39, 0.29) is 5.91 Å². The van der Waals surface area contributed by atoms with Crippen molar-refractivity contribution in [2.75, 3.05) is 11.1 Å². The fraction of sp³-hybridized carbons (Fsp3) is 0.0769. The van der Waals surface area contributed by atoms with E-state index in [9.17, 15) is 4.79 Å². The van der Waals surface area contributed by atoms with Gasteiger partial charge in [0.1, 0.15) is 0 Å². The number of nitrogens with zero attached hydrogens (tertiary/aromatic N) is 1. The lowest BCUT2D eigenvalue weighted by Crippen LogP contribution is -2.13. The first-order chi connectivity index (χ1) is 8.58. The van der Waals surface area contributed by atoms with E-state index in [0.29, 0.717) is 16.9 Å². The molecule has 0 aliphatic heterocycles. The van der Waals surface area contributed by atoms with Crippen LogP contribution in [-0.2, 0) is 0 Å². The molecule has 0 aliphatic carbocycles. The van der Waals surface area contributed by atoms with E-state index in [2.05, 4.69) is 26.2 Å². The molecular weight excluding hydrogens is 294 g/mol. The molecule has 0 radical (unpaired) electrons. The molecule has 5 heteroatoms. The van der Waals surface area contributed by atoms with Gasteiger partial charge in [0, 0.05) is 22.4 Å². The maximum Gasteiger partial charge on any atom is 0.255 e. The van der Waals surface area contributed by atoms with Crippen molar-refractivity contribution in [2.45, 2.75) is 6.92 Å². The highest BCUT2D eigenvalue weighted by Crippen LogP contribution is 2.30. The molecule has 0 unspecified atom stereocenters. The summed E-state index contributed by atoms with van der Waals surface area (Å²) >= 11 is 3.39. The Labute approximate surface area is 113 Å². The Morgan fingerprint density at radius 1 is 1.33 bits per heavy atom. The number of carbonyl (C=O) groups excluding carboxylic acids is 1. The van der Waals surface area contributed by atoms with Gasteiger partial charge in [-0.3, -0.25) is 9.78 Å². The third-order valence-corrected chi connectivity index (χ3v) is 3.07. The number of aromatic nitrogens is 1. The zero-order valence-corrected chi connectivity index (χ0v) is 11.4. The van der Waals surface area contributed by atoms with Gasteiger partial charge in [-0.15, -0.1) is 0 Å². The number of aryl methyl sites for hydroxylation is 1. The molecule has 4 nitrogen and oxygen atoms in total. The lowest BCUT2D eigenvalue weighted by molar-refractivity contribution is 0.102. The third kappa shape index (κ3) is 2.68. The molecule has 0 bridgehead atoms. The molecule has 0 saturated carbocycles. The van der Waals surface area contributed by atoms with E-state index < -0.39 is 0 Å². The van der Waals surface area contributed by atoms with E-state index in [0.717, 1.165) is 10.0 Å². The molecule has 2 rings (SSSR count). The van der Waals surface area contributed by atoms with Gasteiger partial charge in [-0.25, -0.2) is 0 Å². The number of halogens is 1. The van der Waals surface area contributed by atoms with Gasteiger partial charge in [0.05, 0.1) is 11.4 Å². The first-order valence-electron chi connectivity index (χ1n) is 5.35. The number of anilines is 2. The maximum absolute atomic E-state index is 12.0. The maximum atomic E-state index is 12.0. The smallest absolute Gasteiger partial charge is 0.255 e. The number of pyridine rings is 1. The van der Waals surface area contributed by atoms with Crippen LogP contribution in [0, 0.1) is 6.92 Å². The number of rotatable bonds is 2. The fourth-order valence-corrected chi connectivity index (χ4v) is 2.28. The van der Waals surface area contributed by atoms with Crippen molar-refractivity contribution in [3.8, 4) is 0 Å². The number of nitrogens with one attached hydrogen (secondary N) is 1. The van der Waals surface area contributed by atoms with E-state index in [1.54, 1.807) is 24.5 Å². The van der Waals surface area contributed by atoms with Crippen molar-refractivity contribution in [3.05, 3.63) is 52.3 Å². The molecule has 1 heterocycles. The summed E-state index contributed by atoms with van der Waals surface area (Å²) in [6, 6.07) is 7.01. The van der Waals surface area contributed by atoms with Crippen molar-refractivity contribution < 1.29 is 4.79 Å². The summed E-state index contributed by atoms with van der Waals surface area (Å²) in [5, 5.41) is 2.78. The van der Waals surface area contributed by atoms with Crippen molar-refractivity contribution in [3.63, 3.8) is 0 Å². The summed E-state index contributed by atoms with van der Waals surface area (Å²) in [6.07, 6.45) is 3.14. The predicted octanol–water partition coefficient (Wildman–Crippen LogP) is 2.99. The average Bonchev–Trinajstić information content (AvgIpc) is 2.34. The number of carbonyl (C=O) groups is 1. The highest BCUT2D eigenvalue weighted by molar-refractivity contribution is 9.10. The van der Waals surface area contributed by atoms with E-state index >= 15 is 0 Å². The van der Waals surface area contributed by atoms with Crippen LogP contribution < -0.4 is 11.1 Å². The Morgan fingerprint density at radius 3 is 2.61 bits per heavy atom.